The van der Waals surface area contributed by atoms with Gasteiger partial charge in [0.25, 0.3) is 0 Å². The van der Waals surface area contributed by atoms with Gasteiger partial charge in [0.2, 0.25) is 5.70 Å². The van der Waals surface area contributed by atoms with Gasteiger partial charge < -0.3 is 0 Å². The fraction of sp³-hybridized carbons (Fsp3) is 0.273. The summed E-state index contributed by atoms with van der Waals surface area (Å²) < 4.78 is 0. The lowest BCUT2D eigenvalue weighted by Gasteiger charge is -1.96. The molecule has 3 heteroatoms. The highest BCUT2D eigenvalue weighted by Gasteiger charge is 1.99. The van der Waals surface area contributed by atoms with Crippen molar-refractivity contribution in [3.63, 3.8) is 0 Å². The summed E-state index contributed by atoms with van der Waals surface area (Å²) in [6.45, 7) is 1.52. The van der Waals surface area contributed by atoms with Gasteiger partial charge in [0.15, 0.2) is 0 Å². The van der Waals surface area contributed by atoms with Crippen LogP contribution in [0.1, 0.15) is 18.9 Å². The second kappa shape index (κ2) is 5.17. The third-order valence-electron chi connectivity index (χ3n) is 2.00. The smallest absolute Gasteiger partial charge is 0.239 e. The third kappa shape index (κ3) is 3.39. The van der Waals surface area contributed by atoms with Crippen LogP contribution in [0.25, 0.3) is 0 Å². The average molecular weight is 191 g/mol. The Morgan fingerprint density at radius 3 is 2.64 bits per heavy atom. The van der Waals surface area contributed by atoms with Crippen LogP contribution in [-0.4, -0.2) is 4.92 Å². The second-order valence-electron chi connectivity index (χ2n) is 3.13. The van der Waals surface area contributed by atoms with E-state index >= 15 is 0 Å². The van der Waals surface area contributed by atoms with Crippen LogP contribution in [0.4, 0.5) is 0 Å². The lowest BCUT2D eigenvalue weighted by atomic mass is 10.1. The van der Waals surface area contributed by atoms with Gasteiger partial charge in [0.05, 0.1) is 4.92 Å². The van der Waals surface area contributed by atoms with Crippen LogP contribution in [0.2, 0.25) is 0 Å². The Bertz CT molecular complexity index is 330. The number of nitrogens with zero attached hydrogens (tertiary/aromatic N) is 1. The van der Waals surface area contributed by atoms with Crippen LogP contribution in [0, 0.1) is 10.1 Å². The maximum absolute atomic E-state index is 10.3. The highest BCUT2D eigenvalue weighted by Crippen LogP contribution is 2.04. The van der Waals surface area contributed by atoms with Crippen molar-refractivity contribution >= 4 is 0 Å². The molecule has 0 N–H and O–H groups in total. The van der Waals surface area contributed by atoms with E-state index in [1.165, 1.54) is 12.5 Å². The highest BCUT2D eigenvalue weighted by atomic mass is 16.6. The van der Waals surface area contributed by atoms with E-state index in [4.69, 9.17) is 0 Å². The van der Waals surface area contributed by atoms with Crippen molar-refractivity contribution in [1.82, 2.24) is 0 Å². The average Bonchev–Trinajstić information content (AvgIpc) is 2.19. The van der Waals surface area contributed by atoms with Gasteiger partial charge in [-0.2, -0.15) is 0 Å². The quantitative estimate of drug-likeness (QED) is 0.542. The van der Waals surface area contributed by atoms with Crippen molar-refractivity contribution in [1.29, 1.82) is 0 Å². The molecular formula is C11H13NO2. The first kappa shape index (κ1) is 10.4. The summed E-state index contributed by atoms with van der Waals surface area (Å²) in [5, 5.41) is 10.3. The second-order valence-corrected chi connectivity index (χ2v) is 3.13. The summed E-state index contributed by atoms with van der Waals surface area (Å²) in [5.74, 6) is 0. The van der Waals surface area contributed by atoms with Crippen molar-refractivity contribution in [2.24, 2.45) is 0 Å². The molecule has 0 spiro atoms. The molecule has 0 bridgehead atoms. The van der Waals surface area contributed by atoms with E-state index in [1.54, 1.807) is 6.08 Å². The number of hydrogen-bond donors (Lipinski definition) is 0. The van der Waals surface area contributed by atoms with E-state index < -0.39 is 0 Å². The maximum Gasteiger partial charge on any atom is 0.239 e. The molecule has 3 nitrogen and oxygen atoms in total. The zero-order valence-corrected chi connectivity index (χ0v) is 8.14. The lowest BCUT2D eigenvalue weighted by molar-refractivity contribution is -0.424. The fourth-order valence-corrected chi connectivity index (χ4v) is 1.17. The predicted octanol–water partition coefficient (Wildman–Crippen LogP) is 2.80. The normalized spacial score (nSPS) is 11.4. The number of aryl methyl sites for hydroxylation is 1. The standard InChI is InChI=1S/C11H13NO2/c1-10(12(13)14)6-5-9-11-7-3-2-4-8-11/h2-4,6-8H,5,9H2,1H3/b10-6-. The molecule has 0 aliphatic rings. The molecular weight excluding hydrogens is 178 g/mol. The zero-order valence-electron chi connectivity index (χ0n) is 8.14. The van der Waals surface area contributed by atoms with E-state index in [0.717, 1.165) is 12.8 Å². The Labute approximate surface area is 83.2 Å². The summed E-state index contributed by atoms with van der Waals surface area (Å²) in [7, 11) is 0. The molecule has 1 rings (SSSR count). The number of rotatable bonds is 4. The summed E-state index contributed by atoms with van der Waals surface area (Å²) in [6, 6.07) is 9.95. The molecule has 0 saturated carbocycles. The third-order valence-corrected chi connectivity index (χ3v) is 2.00. The van der Waals surface area contributed by atoms with Crippen molar-refractivity contribution in [2.75, 3.05) is 0 Å². The van der Waals surface area contributed by atoms with Gasteiger partial charge in [-0.15, -0.1) is 0 Å². The molecule has 0 atom stereocenters. The zero-order chi connectivity index (χ0) is 10.4. The molecule has 0 radical (unpaired) electrons. The minimum absolute atomic E-state index is 0.223. The molecule has 0 heterocycles. The monoisotopic (exact) mass is 191 g/mol. The molecule has 0 aromatic heterocycles. The first-order chi connectivity index (χ1) is 6.70. The van der Waals surface area contributed by atoms with Gasteiger partial charge >= 0.3 is 0 Å². The Hall–Kier alpha value is -1.64. The van der Waals surface area contributed by atoms with Gasteiger partial charge in [-0.1, -0.05) is 30.3 Å². The number of hydrogen-bond acceptors (Lipinski definition) is 2. The molecule has 0 aliphatic heterocycles. The Kier molecular flexibility index (Phi) is 3.85. The van der Waals surface area contributed by atoms with Gasteiger partial charge in [0.1, 0.15) is 0 Å². The minimum Gasteiger partial charge on any atom is -0.259 e. The number of nitro groups is 1. The van der Waals surface area contributed by atoms with E-state index in [1.807, 2.05) is 30.3 Å². The summed E-state index contributed by atoms with van der Waals surface area (Å²) >= 11 is 0. The molecule has 1 aromatic carbocycles. The van der Waals surface area contributed by atoms with Gasteiger partial charge in [-0.05, 0) is 24.5 Å². The van der Waals surface area contributed by atoms with E-state index in [2.05, 4.69) is 0 Å². The lowest BCUT2D eigenvalue weighted by Crippen LogP contribution is -1.93. The number of benzene rings is 1. The van der Waals surface area contributed by atoms with Gasteiger partial charge in [-0.25, -0.2) is 0 Å². The van der Waals surface area contributed by atoms with Crippen molar-refractivity contribution < 1.29 is 4.92 Å². The first-order valence-corrected chi connectivity index (χ1v) is 4.55. The Morgan fingerprint density at radius 1 is 1.43 bits per heavy atom. The van der Waals surface area contributed by atoms with E-state index in [9.17, 15) is 10.1 Å². The van der Waals surface area contributed by atoms with Crippen LogP contribution < -0.4 is 0 Å². The highest BCUT2D eigenvalue weighted by molar-refractivity contribution is 5.15. The molecule has 0 aliphatic carbocycles. The Morgan fingerprint density at radius 2 is 2.07 bits per heavy atom. The van der Waals surface area contributed by atoms with Crippen LogP contribution in [0.3, 0.4) is 0 Å². The Balaban J connectivity index is 2.43. The minimum atomic E-state index is -0.356. The van der Waals surface area contributed by atoms with Crippen LogP contribution >= 0.6 is 0 Å². The van der Waals surface area contributed by atoms with Crippen LogP contribution in [-0.2, 0) is 6.42 Å². The first-order valence-electron chi connectivity index (χ1n) is 4.55. The van der Waals surface area contributed by atoms with E-state index in [0.29, 0.717) is 0 Å². The van der Waals surface area contributed by atoms with Gasteiger partial charge in [-0.3, -0.25) is 10.1 Å². The number of allylic oxidation sites excluding steroid dienone is 2. The van der Waals surface area contributed by atoms with Crippen molar-refractivity contribution in [2.45, 2.75) is 19.8 Å². The van der Waals surface area contributed by atoms with Crippen LogP contribution in [0.15, 0.2) is 42.1 Å². The molecule has 1 aromatic rings. The van der Waals surface area contributed by atoms with Crippen molar-refractivity contribution in [3.05, 3.63) is 57.8 Å². The van der Waals surface area contributed by atoms with Crippen LogP contribution in [0.5, 0.6) is 0 Å². The fourth-order valence-electron chi connectivity index (χ4n) is 1.17. The van der Waals surface area contributed by atoms with Gasteiger partial charge in [0, 0.05) is 6.92 Å². The van der Waals surface area contributed by atoms with E-state index in [-0.39, 0.29) is 10.6 Å². The molecule has 0 fully saturated rings. The topological polar surface area (TPSA) is 43.1 Å². The SMILES string of the molecule is C/C(=C/CCc1ccccc1)[N+](=O)[O-]. The molecule has 14 heavy (non-hydrogen) atoms. The molecule has 0 amide bonds. The maximum atomic E-state index is 10.3. The molecule has 0 saturated heterocycles. The predicted molar refractivity (Wildman–Crippen MR) is 55.5 cm³/mol. The largest absolute Gasteiger partial charge is 0.259 e. The molecule has 74 valence electrons. The summed E-state index contributed by atoms with van der Waals surface area (Å²) in [6.07, 6.45) is 3.23. The summed E-state index contributed by atoms with van der Waals surface area (Å²) in [4.78, 5) is 9.92. The summed E-state index contributed by atoms with van der Waals surface area (Å²) in [5.41, 5.74) is 1.43. The molecule has 0 unspecified atom stereocenters. The van der Waals surface area contributed by atoms with Crippen molar-refractivity contribution in [3.8, 4) is 0 Å².